The quantitative estimate of drug-likeness (QED) is 0.336. The molecule has 1 aliphatic heterocycles. The minimum Gasteiger partial charge on any atom is -0.267 e. The first-order chi connectivity index (χ1) is 13.9. The van der Waals surface area contributed by atoms with Gasteiger partial charge in [0.1, 0.15) is 5.56 Å². The summed E-state index contributed by atoms with van der Waals surface area (Å²) in [5.41, 5.74) is 3.67. The maximum atomic E-state index is 12.7. The summed E-state index contributed by atoms with van der Waals surface area (Å²) >= 11 is 6.24. The zero-order chi connectivity index (χ0) is 21.0. The topological polar surface area (TPSA) is 92.6 Å². The number of nitro benzene ring substituents is 1. The van der Waals surface area contributed by atoms with E-state index in [1.165, 1.54) is 24.3 Å². The number of nitrogens with one attached hydrogen (secondary N) is 1. The second kappa shape index (κ2) is 8.80. The van der Waals surface area contributed by atoms with Gasteiger partial charge in [-0.05, 0) is 42.4 Å². The lowest BCUT2D eigenvalue weighted by Crippen LogP contribution is -2.45. The van der Waals surface area contributed by atoms with Crippen LogP contribution in [-0.4, -0.2) is 26.1 Å². The molecule has 0 unspecified atom stereocenters. The second-order valence-corrected chi connectivity index (χ2v) is 7.71. The first-order valence-electron chi connectivity index (χ1n) is 8.42. The summed E-state index contributed by atoms with van der Waals surface area (Å²) in [5, 5.41) is 12.0. The molecule has 1 heterocycles. The summed E-state index contributed by atoms with van der Waals surface area (Å²) in [7, 11) is 0. The van der Waals surface area contributed by atoms with Gasteiger partial charge in [0.2, 0.25) is 0 Å². The van der Waals surface area contributed by atoms with Crippen LogP contribution >= 0.6 is 24.0 Å². The standard InChI is InChI=1S/C20H15N3O4S2/c1-13(11-14-7-3-2-4-8-14)12-17-19(25)22(20(28)29-17)21-18(24)15-9-5-6-10-16(15)23(26)27/h2-12H,1H3,(H,21,24)/b13-11-,17-12-. The van der Waals surface area contributed by atoms with E-state index in [9.17, 15) is 19.7 Å². The van der Waals surface area contributed by atoms with Crippen molar-refractivity contribution in [3.8, 4) is 0 Å². The Hall–Kier alpha value is -3.30. The Kier molecular flexibility index (Phi) is 6.20. The average Bonchev–Trinajstić information content (AvgIpc) is 2.95. The summed E-state index contributed by atoms with van der Waals surface area (Å²) in [6, 6.07) is 15.1. The number of hydrogen-bond donors (Lipinski definition) is 1. The van der Waals surface area contributed by atoms with Crippen LogP contribution in [0.1, 0.15) is 22.8 Å². The van der Waals surface area contributed by atoms with E-state index in [0.29, 0.717) is 4.91 Å². The number of nitrogens with zero attached hydrogens (tertiary/aromatic N) is 2. The molecule has 1 aliphatic rings. The van der Waals surface area contributed by atoms with Crippen molar-refractivity contribution in [2.45, 2.75) is 6.92 Å². The van der Waals surface area contributed by atoms with E-state index >= 15 is 0 Å². The first-order valence-corrected chi connectivity index (χ1v) is 9.65. The number of rotatable bonds is 5. The van der Waals surface area contributed by atoms with Crippen molar-refractivity contribution in [3.05, 3.63) is 92.4 Å². The molecule has 9 heteroatoms. The van der Waals surface area contributed by atoms with Crippen LogP contribution in [0.3, 0.4) is 0 Å². The van der Waals surface area contributed by atoms with E-state index in [-0.39, 0.29) is 15.6 Å². The molecule has 0 saturated carbocycles. The zero-order valence-electron chi connectivity index (χ0n) is 15.2. The summed E-state index contributed by atoms with van der Waals surface area (Å²) in [5.74, 6) is -1.28. The van der Waals surface area contributed by atoms with Crippen LogP contribution in [0.25, 0.3) is 6.08 Å². The molecule has 0 aliphatic carbocycles. The fraction of sp³-hybridized carbons (Fsp3) is 0.0500. The smallest absolute Gasteiger partial charge is 0.267 e. The van der Waals surface area contributed by atoms with Crippen LogP contribution in [0.2, 0.25) is 0 Å². The van der Waals surface area contributed by atoms with E-state index in [1.807, 2.05) is 43.3 Å². The lowest BCUT2D eigenvalue weighted by atomic mass is 10.1. The maximum absolute atomic E-state index is 12.7. The van der Waals surface area contributed by atoms with Gasteiger partial charge in [-0.2, -0.15) is 5.01 Å². The summed E-state index contributed by atoms with van der Waals surface area (Å²) in [4.78, 5) is 35.9. The molecule has 2 aromatic carbocycles. The highest BCUT2D eigenvalue weighted by Crippen LogP contribution is 2.31. The average molecular weight is 425 g/mol. The van der Waals surface area contributed by atoms with Crippen molar-refractivity contribution in [2.75, 3.05) is 0 Å². The van der Waals surface area contributed by atoms with Crippen molar-refractivity contribution >= 4 is 51.9 Å². The van der Waals surface area contributed by atoms with Gasteiger partial charge >= 0.3 is 0 Å². The van der Waals surface area contributed by atoms with Crippen LogP contribution < -0.4 is 5.43 Å². The van der Waals surface area contributed by atoms with Gasteiger partial charge in [-0.1, -0.05) is 60.3 Å². The number of thioether (sulfide) groups is 1. The van der Waals surface area contributed by atoms with Crippen LogP contribution in [0, 0.1) is 10.1 Å². The van der Waals surface area contributed by atoms with Crippen molar-refractivity contribution in [3.63, 3.8) is 0 Å². The number of carbonyl (C=O) groups is 2. The summed E-state index contributed by atoms with van der Waals surface area (Å²) in [6.45, 7) is 1.85. The van der Waals surface area contributed by atoms with E-state index in [4.69, 9.17) is 12.2 Å². The third-order valence-electron chi connectivity index (χ3n) is 3.91. The monoisotopic (exact) mass is 425 g/mol. The van der Waals surface area contributed by atoms with Crippen LogP contribution in [0.15, 0.2) is 71.2 Å². The molecule has 2 aromatic rings. The predicted octanol–water partition coefficient (Wildman–Crippen LogP) is 4.09. The molecule has 0 bridgehead atoms. The highest BCUT2D eigenvalue weighted by molar-refractivity contribution is 8.26. The molecule has 3 rings (SSSR count). The molecule has 7 nitrogen and oxygen atoms in total. The number of carbonyl (C=O) groups excluding carboxylic acids is 2. The van der Waals surface area contributed by atoms with Crippen molar-refractivity contribution < 1.29 is 14.5 Å². The highest BCUT2D eigenvalue weighted by atomic mass is 32.2. The fourth-order valence-corrected chi connectivity index (χ4v) is 3.84. The van der Waals surface area contributed by atoms with E-state index in [1.54, 1.807) is 6.08 Å². The zero-order valence-corrected chi connectivity index (χ0v) is 16.8. The second-order valence-electron chi connectivity index (χ2n) is 6.03. The van der Waals surface area contributed by atoms with E-state index in [0.717, 1.165) is 27.9 Å². The Morgan fingerprint density at radius 2 is 1.83 bits per heavy atom. The molecule has 1 saturated heterocycles. The molecular weight excluding hydrogens is 410 g/mol. The summed E-state index contributed by atoms with van der Waals surface area (Å²) < 4.78 is 0.140. The lowest BCUT2D eigenvalue weighted by molar-refractivity contribution is -0.385. The molecule has 146 valence electrons. The van der Waals surface area contributed by atoms with Gasteiger partial charge in [0.15, 0.2) is 4.32 Å². The minimum absolute atomic E-state index is 0.140. The maximum Gasteiger partial charge on any atom is 0.285 e. The first kappa shape index (κ1) is 20.4. The van der Waals surface area contributed by atoms with Gasteiger partial charge in [0, 0.05) is 6.07 Å². The van der Waals surface area contributed by atoms with Gasteiger partial charge in [-0.15, -0.1) is 0 Å². The van der Waals surface area contributed by atoms with Crippen LogP contribution in [0.4, 0.5) is 5.69 Å². The number of thiocarbonyl (C=S) groups is 1. The number of hydrazine groups is 1. The molecule has 1 fully saturated rings. The summed E-state index contributed by atoms with van der Waals surface area (Å²) in [6.07, 6.45) is 3.60. The van der Waals surface area contributed by atoms with Crippen molar-refractivity contribution in [1.82, 2.24) is 10.4 Å². The normalized spacial score (nSPS) is 15.7. The number of nitro groups is 1. The minimum atomic E-state index is -0.786. The van der Waals surface area contributed by atoms with Gasteiger partial charge < -0.3 is 0 Å². The van der Waals surface area contributed by atoms with Gasteiger partial charge in [0.05, 0.1) is 9.83 Å². The van der Waals surface area contributed by atoms with Gasteiger partial charge in [-0.3, -0.25) is 25.1 Å². The molecule has 29 heavy (non-hydrogen) atoms. The SMILES string of the molecule is CC(=C/c1ccccc1)/C=C1\SC(=S)N(NC(=O)c2ccccc2[N+](=O)[O-])C1=O. The van der Waals surface area contributed by atoms with Crippen molar-refractivity contribution in [1.29, 1.82) is 0 Å². The van der Waals surface area contributed by atoms with Crippen molar-refractivity contribution in [2.24, 2.45) is 0 Å². The third kappa shape index (κ3) is 4.76. The number of benzene rings is 2. The number of para-hydroxylation sites is 1. The molecule has 0 radical (unpaired) electrons. The van der Waals surface area contributed by atoms with E-state index < -0.39 is 16.7 Å². The highest BCUT2D eigenvalue weighted by Gasteiger charge is 2.34. The molecule has 0 spiro atoms. The number of allylic oxidation sites excluding steroid dienone is 2. The predicted molar refractivity (Wildman–Crippen MR) is 116 cm³/mol. The Morgan fingerprint density at radius 3 is 2.52 bits per heavy atom. The molecule has 0 aromatic heterocycles. The molecule has 0 atom stereocenters. The lowest BCUT2D eigenvalue weighted by Gasteiger charge is -2.15. The Morgan fingerprint density at radius 1 is 1.17 bits per heavy atom. The Bertz CT molecular complexity index is 1060. The van der Waals surface area contributed by atoms with Gasteiger partial charge in [-0.25, -0.2) is 0 Å². The fourth-order valence-electron chi connectivity index (χ4n) is 2.61. The Labute approximate surface area is 176 Å². The molecule has 1 N–H and O–H groups in total. The van der Waals surface area contributed by atoms with Crippen LogP contribution in [-0.2, 0) is 4.79 Å². The number of amides is 2. The molecule has 2 amide bonds. The largest absolute Gasteiger partial charge is 0.285 e. The van der Waals surface area contributed by atoms with Crippen LogP contribution in [0.5, 0.6) is 0 Å². The number of hydrogen-bond acceptors (Lipinski definition) is 6. The van der Waals surface area contributed by atoms with E-state index in [2.05, 4.69) is 5.43 Å². The molecular formula is C20H15N3O4S2. The van der Waals surface area contributed by atoms with Gasteiger partial charge in [0.25, 0.3) is 17.5 Å². The third-order valence-corrected chi connectivity index (χ3v) is 5.21. The Balaban J connectivity index is 1.78.